The first kappa shape index (κ1) is 13.5. The lowest BCUT2D eigenvalue weighted by Crippen LogP contribution is -2.34. The van der Waals surface area contributed by atoms with Crippen LogP contribution in [0.15, 0.2) is 6.33 Å². The van der Waals surface area contributed by atoms with Crippen molar-refractivity contribution in [3.63, 3.8) is 0 Å². The molecule has 0 N–H and O–H groups in total. The van der Waals surface area contributed by atoms with Gasteiger partial charge in [0.15, 0.2) is 23.2 Å². The second kappa shape index (κ2) is 4.31. The van der Waals surface area contributed by atoms with Crippen LogP contribution in [0.2, 0.25) is 0 Å². The minimum Gasteiger partial charge on any atom is -0.479 e. The zero-order valence-electron chi connectivity index (χ0n) is 12.9. The van der Waals surface area contributed by atoms with Gasteiger partial charge in [-0.25, -0.2) is 9.55 Å². The summed E-state index contributed by atoms with van der Waals surface area (Å²) in [5.41, 5.74) is 1.13. The molecule has 23 heavy (non-hydrogen) atoms. The Hall–Kier alpha value is -1.97. The topological polar surface area (TPSA) is 89.8 Å². The van der Waals surface area contributed by atoms with E-state index in [1.807, 2.05) is 13.8 Å². The molecule has 9 heteroatoms. The van der Waals surface area contributed by atoms with Crippen LogP contribution >= 0.6 is 0 Å². The number of nitrogens with zero attached hydrogens (tertiary/aromatic N) is 4. The molecule has 2 saturated heterocycles. The fourth-order valence-electron chi connectivity index (χ4n) is 3.51. The first-order chi connectivity index (χ1) is 11.1. The van der Waals surface area contributed by atoms with Gasteiger partial charge in [-0.1, -0.05) is 0 Å². The Morgan fingerprint density at radius 1 is 1.26 bits per heavy atom. The van der Waals surface area contributed by atoms with E-state index in [9.17, 15) is 0 Å². The highest BCUT2D eigenvalue weighted by Gasteiger charge is 2.58. The van der Waals surface area contributed by atoms with Crippen LogP contribution in [-0.4, -0.2) is 57.3 Å². The van der Waals surface area contributed by atoms with Crippen molar-refractivity contribution >= 4 is 11.2 Å². The van der Waals surface area contributed by atoms with Crippen LogP contribution < -0.4 is 9.47 Å². The Labute approximate surface area is 131 Å². The minimum atomic E-state index is -0.650. The first-order valence-corrected chi connectivity index (χ1v) is 7.48. The summed E-state index contributed by atoms with van der Waals surface area (Å²) in [6, 6.07) is 0.429. The average Bonchev–Trinajstić information content (AvgIpc) is 3.08. The predicted molar refractivity (Wildman–Crippen MR) is 75.1 cm³/mol. The molecule has 3 aliphatic rings. The minimum absolute atomic E-state index is 0.177. The number of methoxy groups -OCH3 is 1. The fraction of sp³-hybridized carbons (Fsp3) is 0.643. The molecule has 0 radical (unpaired) electrons. The SMILES string of the molecule is COc1ncnc2c1nc1n2[C@@H]2O[C@H](CO1)[C@H]1OC(C)(C)O[C@H]12. The standard InChI is InChI=1S/C14H16N4O5/c1-14(2)22-8-6-4-20-13-17-7-10(15-5-16-11(7)19-3)18(13)12(21-6)9(8)23-14/h5-6,8-9,12H,4H2,1-3H3/t6-,8-,9-,12-/m1/s1. The number of imidazole rings is 1. The van der Waals surface area contributed by atoms with Gasteiger partial charge in [-0.05, 0) is 13.8 Å². The van der Waals surface area contributed by atoms with E-state index in [1.54, 1.807) is 11.7 Å². The molecule has 9 nitrogen and oxygen atoms in total. The molecule has 0 saturated carbocycles. The maximum atomic E-state index is 6.10. The Morgan fingerprint density at radius 3 is 2.91 bits per heavy atom. The summed E-state index contributed by atoms with van der Waals surface area (Å²) in [4.78, 5) is 12.9. The molecule has 0 unspecified atom stereocenters. The maximum Gasteiger partial charge on any atom is 0.301 e. The summed E-state index contributed by atoms with van der Waals surface area (Å²) < 4.78 is 31.0. The van der Waals surface area contributed by atoms with Crippen LogP contribution in [0.25, 0.3) is 11.2 Å². The summed E-state index contributed by atoms with van der Waals surface area (Å²) in [6.45, 7) is 4.14. The highest BCUT2D eigenvalue weighted by atomic mass is 16.8. The number of fused-ring (bicyclic) bond motifs is 9. The molecule has 0 aromatic carbocycles. The number of hydrogen-bond acceptors (Lipinski definition) is 8. The molecular weight excluding hydrogens is 304 g/mol. The van der Waals surface area contributed by atoms with Gasteiger partial charge in [-0.3, -0.25) is 0 Å². The van der Waals surface area contributed by atoms with Gasteiger partial charge in [0.25, 0.3) is 0 Å². The molecule has 5 heterocycles. The summed E-state index contributed by atoms with van der Waals surface area (Å²) >= 11 is 0. The van der Waals surface area contributed by atoms with Crippen molar-refractivity contribution in [2.24, 2.45) is 0 Å². The normalized spacial score (nSPS) is 33.9. The smallest absolute Gasteiger partial charge is 0.301 e. The number of ether oxygens (including phenoxy) is 5. The third kappa shape index (κ3) is 1.75. The molecule has 2 bridgehead atoms. The van der Waals surface area contributed by atoms with Crippen molar-refractivity contribution in [1.82, 2.24) is 19.5 Å². The van der Waals surface area contributed by atoms with Gasteiger partial charge >= 0.3 is 6.01 Å². The van der Waals surface area contributed by atoms with E-state index < -0.39 is 12.0 Å². The zero-order valence-corrected chi connectivity index (χ0v) is 12.9. The summed E-state index contributed by atoms with van der Waals surface area (Å²) in [6.07, 6.45) is 0.405. The summed E-state index contributed by atoms with van der Waals surface area (Å²) in [5, 5.41) is 0. The zero-order chi connectivity index (χ0) is 15.8. The van der Waals surface area contributed by atoms with Crippen LogP contribution in [-0.2, 0) is 14.2 Å². The second-order valence-electron chi connectivity index (χ2n) is 6.26. The lowest BCUT2D eigenvalue weighted by Gasteiger charge is -2.22. The largest absolute Gasteiger partial charge is 0.479 e. The second-order valence-corrected chi connectivity index (χ2v) is 6.26. The van der Waals surface area contributed by atoms with E-state index in [1.165, 1.54) is 6.33 Å². The van der Waals surface area contributed by atoms with E-state index in [-0.39, 0.29) is 18.3 Å². The third-order valence-corrected chi connectivity index (χ3v) is 4.36. The van der Waals surface area contributed by atoms with E-state index in [2.05, 4.69) is 15.0 Å². The fourth-order valence-corrected chi connectivity index (χ4v) is 3.51. The Kier molecular flexibility index (Phi) is 2.52. The molecule has 2 aromatic rings. The number of hydrogen-bond donors (Lipinski definition) is 0. The van der Waals surface area contributed by atoms with Gasteiger partial charge in [0.2, 0.25) is 5.88 Å². The van der Waals surface area contributed by atoms with Gasteiger partial charge < -0.3 is 23.7 Å². The molecule has 2 aromatic heterocycles. The predicted octanol–water partition coefficient (Wildman–Crippen LogP) is 0.645. The lowest BCUT2D eigenvalue weighted by atomic mass is 10.1. The van der Waals surface area contributed by atoms with Crippen molar-refractivity contribution in [2.45, 2.75) is 44.2 Å². The number of rotatable bonds is 1. The molecule has 4 atom stereocenters. The summed E-state index contributed by atoms with van der Waals surface area (Å²) in [5.74, 6) is -0.252. The molecule has 122 valence electrons. The van der Waals surface area contributed by atoms with Gasteiger partial charge in [0, 0.05) is 0 Å². The van der Waals surface area contributed by atoms with Gasteiger partial charge in [0.05, 0.1) is 7.11 Å². The molecule has 0 amide bonds. The van der Waals surface area contributed by atoms with E-state index in [0.29, 0.717) is 29.7 Å². The van der Waals surface area contributed by atoms with Gasteiger partial charge in [0.1, 0.15) is 31.2 Å². The highest BCUT2D eigenvalue weighted by molar-refractivity contribution is 5.77. The Balaban J connectivity index is 1.68. The van der Waals surface area contributed by atoms with Crippen molar-refractivity contribution in [2.75, 3.05) is 13.7 Å². The summed E-state index contributed by atoms with van der Waals surface area (Å²) in [7, 11) is 1.54. The van der Waals surface area contributed by atoms with Gasteiger partial charge in [-0.15, -0.1) is 0 Å². The first-order valence-electron chi connectivity index (χ1n) is 7.48. The van der Waals surface area contributed by atoms with Crippen LogP contribution in [0.3, 0.4) is 0 Å². The van der Waals surface area contributed by atoms with E-state index in [0.717, 1.165) is 0 Å². The quantitative estimate of drug-likeness (QED) is 0.756. The maximum absolute atomic E-state index is 6.10. The Bertz CT molecular complexity index is 791. The number of aromatic nitrogens is 4. The molecule has 0 spiro atoms. The molecule has 0 aliphatic carbocycles. The van der Waals surface area contributed by atoms with Gasteiger partial charge in [-0.2, -0.15) is 9.97 Å². The van der Waals surface area contributed by atoms with E-state index >= 15 is 0 Å². The van der Waals surface area contributed by atoms with Crippen LogP contribution in [0.4, 0.5) is 0 Å². The monoisotopic (exact) mass is 320 g/mol. The van der Waals surface area contributed by atoms with Crippen molar-refractivity contribution in [3.8, 4) is 11.9 Å². The van der Waals surface area contributed by atoms with E-state index in [4.69, 9.17) is 23.7 Å². The molecular formula is C14H16N4O5. The third-order valence-electron chi connectivity index (χ3n) is 4.36. The van der Waals surface area contributed by atoms with Crippen LogP contribution in [0.1, 0.15) is 20.1 Å². The lowest BCUT2D eigenvalue weighted by molar-refractivity contribution is -0.195. The average molecular weight is 320 g/mol. The highest BCUT2D eigenvalue weighted by Crippen LogP contribution is 2.47. The van der Waals surface area contributed by atoms with Crippen molar-refractivity contribution in [3.05, 3.63) is 6.33 Å². The van der Waals surface area contributed by atoms with Crippen molar-refractivity contribution < 1.29 is 23.7 Å². The van der Waals surface area contributed by atoms with Crippen molar-refractivity contribution in [1.29, 1.82) is 0 Å². The molecule has 5 rings (SSSR count). The van der Waals surface area contributed by atoms with Crippen LogP contribution in [0, 0.1) is 0 Å². The molecule has 3 aliphatic heterocycles. The molecule has 2 fully saturated rings. The van der Waals surface area contributed by atoms with Crippen LogP contribution in [0.5, 0.6) is 11.9 Å². The Morgan fingerprint density at radius 2 is 2.09 bits per heavy atom.